The summed E-state index contributed by atoms with van der Waals surface area (Å²) in [7, 11) is -3.04. The molecule has 0 aliphatic rings. The zero-order chi connectivity index (χ0) is 14.5. The van der Waals surface area contributed by atoms with Gasteiger partial charge in [0.25, 0.3) is 0 Å². The van der Waals surface area contributed by atoms with E-state index in [9.17, 15) is 8.42 Å². The van der Waals surface area contributed by atoms with E-state index >= 15 is 0 Å². The lowest BCUT2D eigenvalue weighted by atomic mass is 10.1. The molecule has 0 aliphatic heterocycles. The van der Waals surface area contributed by atoms with E-state index < -0.39 is 9.84 Å². The molecule has 0 radical (unpaired) electrons. The van der Waals surface area contributed by atoms with Crippen LogP contribution in [0.25, 0.3) is 0 Å². The molecule has 4 nitrogen and oxygen atoms in total. The Bertz CT molecular complexity index is 480. The normalized spacial score (nSPS) is 13.5. The first kappa shape index (κ1) is 16.0. The number of ether oxygens (including phenoxy) is 1. The minimum Gasteiger partial charge on any atom is -0.493 e. The highest BCUT2D eigenvalue weighted by atomic mass is 32.2. The average molecular weight is 285 g/mol. The summed E-state index contributed by atoms with van der Waals surface area (Å²) >= 11 is 0. The summed E-state index contributed by atoms with van der Waals surface area (Å²) in [4.78, 5) is 0. The van der Waals surface area contributed by atoms with Crippen LogP contribution in [0.1, 0.15) is 38.8 Å². The first-order chi connectivity index (χ1) is 8.86. The molecule has 108 valence electrons. The van der Waals surface area contributed by atoms with E-state index in [1.807, 2.05) is 31.2 Å². The smallest absolute Gasteiger partial charge is 0.155 e. The lowest BCUT2D eigenvalue weighted by Gasteiger charge is -2.11. The summed E-state index contributed by atoms with van der Waals surface area (Å²) in [5.41, 5.74) is 6.97. The van der Waals surface area contributed by atoms with Crippen molar-refractivity contribution in [2.75, 3.05) is 12.4 Å². The summed E-state index contributed by atoms with van der Waals surface area (Å²) in [6, 6.07) is 7.52. The minimum atomic E-state index is -3.04. The number of hydrogen-bond donors (Lipinski definition) is 1. The molecule has 0 amide bonds. The minimum absolute atomic E-state index is 0.0374. The fourth-order valence-corrected chi connectivity index (χ4v) is 2.35. The van der Waals surface area contributed by atoms with Gasteiger partial charge in [0.05, 0.1) is 11.0 Å². The fourth-order valence-electron chi connectivity index (χ4n) is 1.56. The first-order valence-corrected chi connectivity index (χ1v) is 8.28. The molecule has 0 heterocycles. The quantitative estimate of drug-likeness (QED) is 0.834. The van der Waals surface area contributed by atoms with Crippen molar-refractivity contribution in [3.63, 3.8) is 0 Å². The molecule has 0 aromatic heterocycles. The fraction of sp³-hybridized carbons (Fsp3) is 0.571. The van der Waals surface area contributed by atoms with Gasteiger partial charge in [-0.2, -0.15) is 0 Å². The van der Waals surface area contributed by atoms with Crippen LogP contribution in [-0.2, 0) is 9.84 Å². The maximum absolute atomic E-state index is 11.6. The molecule has 2 N–H and O–H groups in total. The monoisotopic (exact) mass is 285 g/mol. The van der Waals surface area contributed by atoms with E-state index in [0.717, 1.165) is 12.0 Å². The lowest BCUT2D eigenvalue weighted by Crippen LogP contribution is -2.22. The van der Waals surface area contributed by atoms with Crippen LogP contribution in [0.2, 0.25) is 0 Å². The molecule has 1 unspecified atom stereocenters. The largest absolute Gasteiger partial charge is 0.493 e. The van der Waals surface area contributed by atoms with Gasteiger partial charge in [0, 0.05) is 6.04 Å². The Balaban J connectivity index is 2.51. The van der Waals surface area contributed by atoms with Crippen molar-refractivity contribution in [2.45, 2.75) is 38.5 Å². The van der Waals surface area contributed by atoms with Crippen LogP contribution < -0.4 is 10.5 Å². The molecular weight excluding hydrogens is 262 g/mol. The van der Waals surface area contributed by atoms with Crippen LogP contribution in [0.15, 0.2) is 24.3 Å². The van der Waals surface area contributed by atoms with Crippen molar-refractivity contribution in [1.29, 1.82) is 0 Å². The lowest BCUT2D eigenvalue weighted by molar-refractivity contribution is 0.340. The Hall–Kier alpha value is -1.07. The highest BCUT2D eigenvalue weighted by Gasteiger charge is 2.15. The zero-order valence-electron chi connectivity index (χ0n) is 11.8. The predicted molar refractivity (Wildman–Crippen MR) is 78.1 cm³/mol. The molecule has 1 aromatic rings. The summed E-state index contributed by atoms with van der Waals surface area (Å²) < 4.78 is 28.7. The molecule has 0 saturated heterocycles. The van der Waals surface area contributed by atoms with Gasteiger partial charge < -0.3 is 10.5 Å². The maximum atomic E-state index is 11.6. The molecule has 19 heavy (non-hydrogen) atoms. The van der Waals surface area contributed by atoms with Crippen LogP contribution in [0.5, 0.6) is 5.75 Å². The number of rotatable bonds is 7. The Kier molecular flexibility index (Phi) is 5.82. The number of benzene rings is 1. The van der Waals surface area contributed by atoms with Crippen LogP contribution in [-0.4, -0.2) is 26.0 Å². The Morgan fingerprint density at radius 2 is 1.79 bits per heavy atom. The molecule has 0 fully saturated rings. The SMILES string of the molecule is CCC(N)c1ccc(OCCS(=O)(=O)C(C)C)cc1. The van der Waals surface area contributed by atoms with Gasteiger partial charge >= 0.3 is 0 Å². The zero-order valence-corrected chi connectivity index (χ0v) is 12.6. The highest BCUT2D eigenvalue weighted by Crippen LogP contribution is 2.18. The first-order valence-electron chi connectivity index (χ1n) is 6.56. The number of hydrogen-bond acceptors (Lipinski definition) is 4. The molecule has 5 heteroatoms. The Morgan fingerprint density at radius 1 is 1.21 bits per heavy atom. The van der Waals surface area contributed by atoms with Crippen molar-refractivity contribution in [1.82, 2.24) is 0 Å². The van der Waals surface area contributed by atoms with E-state index in [4.69, 9.17) is 10.5 Å². The van der Waals surface area contributed by atoms with Gasteiger partial charge in [-0.1, -0.05) is 19.1 Å². The van der Waals surface area contributed by atoms with Crippen molar-refractivity contribution < 1.29 is 13.2 Å². The molecular formula is C14H23NO3S. The Labute approximate surface area is 115 Å². The van der Waals surface area contributed by atoms with E-state index in [0.29, 0.717) is 5.75 Å². The second-order valence-corrected chi connectivity index (χ2v) is 7.52. The van der Waals surface area contributed by atoms with Crippen LogP contribution in [0.3, 0.4) is 0 Å². The van der Waals surface area contributed by atoms with Crippen molar-refractivity contribution in [2.24, 2.45) is 5.73 Å². The summed E-state index contributed by atoms with van der Waals surface area (Å²) in [6.45, 7) is 5.57. The molecule has 1 aromatic carbocycles. The highest BCUT2D eigenvalue weighted by molar-refractivity contribution is 7.91. The van der Waals surface area contributed by atoms with Crippen molar-refractivity contribution in [3.8, 4) is 5.75 Å². The Morgan fingerprint density at radius 3 is 2.26 bits per heavy atom. The van der Waals surface area contributed by atoms with E-state index in [-0.39, 0.29) is 23.7 Å². The van der Waals surface area contributed by atoms with Gasteiger partial charge in [0.1, 0.15) is 12.4 Å². The third-order valence-electron chi connectivity index (χ3n) is 3.10. The van der Waals surface area contributed by atoms with E-state index in [2.05, 4.69) is 0 Å². The standard InChI is InChI=1S/C14H23NO3S/c1-4-14(15)12-5-7-13(8-6-12)18-9-10-19(16,17)11(2)3/h5-8,11,14H,4,9-10,15H2,1-3H3. The van der Waals surface area contributed by atoms with Crippen LogP contribution in [0, 0.1) is 0 Å². The van der Waals surface area contributed by atoms with Crippen LogP contribution >= 0.6 is 0 Å². The second-order valence-electron chi connectivity index (χ2n) is 4.85. The van der Waals surface area contributed by atoms with Gasteiger partial charge in [-0.3, -0.25) is 0 Å². The molecule has 1 rings (SSSR count). The molecule has 0 aliphatic carbocycles. The third-order valence-corrected chi connectivity index (χ3v) is 5.28. The molecule has 0 saturated carbocycles. The topological polar surface area (TPSA) is 69.4 Å². The molecule has 0 bridgehead atoms. The van der Waals surface area contributed by atoms with Gasteiger partial charge in [0.2, 0.25) is 0 Å². The van der Waals surface area contributed by atoms with Gasteiger partial charge in [-0.05, 0) is 38.0 Å². The van der Waals surface area contributed by atoms with Gasteiger partial charge in [0.15, 0.2) is 9.84 Å². The number of sulfone groups is 1. The van der Waals surface area contributed by atoms with Crippen molar-refractivity contribution in [3.05, 3.63) is 29.8 Å². The van der Waals surface area contributed by atoms with Gasteiger partial charge in [-0.25, -0.2) is 8.42 Å². The van der Waals surface area contributed by atoms with E-state index in [1.165, 1.54) is 0 Å². The summed E-state index contributed by atoms with van der Waals surface area (Å²) in [5, 5.41) is -0.360. The summed E-state index contributed by atoms with van der Waals surface area (Å²) in [5.74, 6) is 0.715. The van der Waals surface area contributed by atoms with Gasteiger partial charge in [-0.15, -0.1) is 0 Å². The predicted octanol–water partition coefficient (Wildman–Crippen LogP) is 2.30. The molecule has 1 atom stereocenters. The van der Waals surface area contributed by atoms with E-state index in [1.54, 1.807) is 13.8 Å². The number of nitrogens with two attached hydrogens (primary N) is 1. The second kappa shape index (κ2) is 6.91. The third kappa shape index (κ3) is 4.84. The molecule has 0 spiro atoms. The van der Waals surface area contributed by atoms with Crippen molar-refractivity contribution >= 4 is 9.84 Å². The maximum Gasteiger partial charge on any atom is 0.155 e. The average Bonchev–Trinajstić information content (AvgIpc) is 2.38. The summed E-state index contributed by atoms with van der Waals surface area (Å²) in [6.07, 6.45) is 0.882. The van der Waals surface area contributed by atoms with Crippen LogP contribution in [0.4, 0.5) is 0 Å².